The van der Waals surface area contributed by atoms with Crippen molar-refractivity contribution >= 4 is 40.5 Å². The van der Waals surface area contributed by atoms with Crippen molar-refractivity contribution in [3.05, 3.63) is 65.2 Å². The van der Waals surface area contributed by atoms with Crippen LogP contribution in [-0.2, 0) is 22.2 Å². The van der Waals surface area contributed by atoms with Crippen LogP contribution in [0.15, 0.2) is 48.5 Å². The van der Waals surface area contributed by atoms with E-state index >= 15 is 0 Å². The van der Waals surface area contributed by atoms with E-state index in [9.17, 15) is 37.5 Å². The number of carboxylic acid groups (broad SMARTS) is 1. The van der Waals surface area contributed by atoms with Crippen LogP contribution in [0, 0.1) is 0 Å². The Morgan fingerprint density at radius 1 is 1.10 bits per heavy atom. The Balaban J connectivity index is 1.90. The first-order valence-electron chi connectivity index (χ1n) is 8.86. The second kappa shape index (κ2) is 8.80. The van der Waals surface area contributed by atoms with Crippen molar-refractivity contribution in [2.24, 2.45) is 0 Å². The average Bonchev–Trinajstić information content (AvgIpc) is 3.02. The second-order valence-corrected chi connectivity index (χ2v) is 7.80. The predicted molar refractivity (Wildman–Crippen MR) is 106 cm³/mol. The first-order valence-corrected chi connectivity index (χ1v) is 9.74. The SMILES string of the molecule is O=C(O)CN(C(=O)c1cccc(CC2SC(=O)NC2=O)c1)c1cccc(C(F)(F)F)c1. The molecule has 31 heavy (non-hydrogen) atoms. The number of anilines is 1. The summed E-state index contributed by atoms with van der Waals surface area (Å²) in [6.45, 7) is -0.847. The lowest BCUT2D eigenvalue weighted by Gasteiger charge is -2.22. The molecule has 0 saturated carbocycles. The number of thioether (sulfide) groups is 1. The summed E-state index contributed by atoms with van der Waals surface area (Å²) in [5.74, 6) is -2.68. The zero-order valence-electron chi connectivity index (χ0n) is 15.7. The van der Waals surface area contributed by atoms with Gasteiger partial charge in [-0.1, -0.05) is 30.0 Å². The molecule has 162 valence electrons. The fourth-order valence-corrected chi connectivity index (χ4v) is 3.85. The summed E-state index contributed by atoms with van der Waals surface area (Å²) in [6, 6.07) is 9.76. The zero-order chi connectivity index (χ0) is 22.8. The Labute approximate surface area is 178 Å². The number of nitrogens with zero attached hydrogens (tertiary/aromatic N) is 1. The van der Waals surface area contributed by atoms with Crippen LogP contribution in [0.4, 0.5) is 23.7 Å². The van der Waals surface area contributed by atoms with Gasteiger partial charge in [0, 0.05) is 11.3 Å². The number of nitrogens with one attached hydrogen (secondary N) is 1. The lowest BCUT2D eigenvalue weighted by Crippen LogP contribution is -2.36. The number of carbonyl (C=O) groups is 4. The highest BCUT2D eigenvalue weighted by Gasteiger charge is 2.33. The third-order valence-electron chi connectivity index (χ3n) is 4.39. The lowest BCUT2D eigenvalue weighted by atomic mass is 10.0. The minimum atomic E-state index is -4.66. The standard InChI is InChI=1S/C20H15F3N2O5S/c21-20(22,23)13-5-2-6-14(9-13)25(10-16(26)27)18(29)12-4-1-3-11(7-12)8-15-17(28)24-19(30)31-15/h1-7,9,15H,8,10H2,(H,26,27)(H,24,28,30). The van der Waals surface area contributed by atoms with Crippen LogP contribution in [0.25, 0.3) is 0 Å². The number of carbonyl (C=O) groups excluding carboxylic acids is 3. The van der Waals surface area contributed by atoms with E-state index < -0.39 is 46.6 Å². The van der Waals surface area contributed by atoms with Crippen molar-refractivity contribution in [2.45, 2.75) is 17.8 Å². The molecule has 1 aliphatic rings. The van der Waals surface area contributed by atoms with E-state index in [1.807, 2.05) is 0 Å². The van der Waals surface area contributed by atoms with Gasteiger partial charge in [0.05, 0.1) is 10.8 Å². The van der Waals surface area contributed by atoms with Gasteiger partial charge in [-0.3, -0.25) is 29.4 Å². The Morgan fingerprint density at radius 2 is 1.81 bits per heavy atom. The van der Waals surface area contributed by atoms with E-state index in [2.05, 4.69) is 5.32 Å². The van der Waals surface area contributed by atoms with Gasteiger partial charge in [-0.15, -0.1) is 0 Å². The van der Waals surface area contributed by atoms with Crippen molar-refractivity contribution in [3.8, 4) is 0 Å². The van der Waals surface area contributed by atoms with Crippen LogP contribution >= 0.6 is 11.8 Å². The van der Waals surface area contributed by atoms with Gasteiger partial charge in [0.2, 0.25) is 5.91 Å². The molecule has 0 radical (unpaired) electrons. The zero-order valence-corrected chi connectivity index (χ0v) is 16.5. The molecule has 0 aromatic heterocycles. The number of rotatable bonds is 6. The summed E-state index contributed by atoms with van der Waals surface area (Å²) in [7, 11) is 0. The van der Waals surface area contributed by atoms with Crippen molar-refractivity contribution in [2.75, 3.05) is 11.4 Å². The van der Waals surface area contributed by atoms with Gasteiger partial charge in [-0.2, -0.15) is 13.2 Å². The quantitative estimate of drug-likeness (QED) is 0.697. The molecule has 1 fully saturated rings. The molecule has 3 rings (SSSR count). The number of hydrogen-bond donors (Lipinski definition) is 2. The summed E-state index contributed by atoms with van der Waals surface area (Å²) in [5.41, 5.74) is -0.668. The van der Waals surface area contributed by atoms with Gasteiger partial charge in [0.1, 0.15) is 6.54 Å². The van der Waals surface area contributed by atoms with E-state index in [1.54, 1.807) is 6.07 Å². The van der Waals surface area contributed by atoms with Crippen LogP contribution in [0.2, 0.25) is 0 Å². The molecule has 1 atom stereocenters. The molecule has 0 spiro atoms. The molecule has 2 aromatic carbocycles. The molecule has 2 aromatic rings. The molecule has 7 nitrogen and oxygen atoms in total. The Hall–Kier alpha value is -3.34. The van der Waals surface area contributed by atoms with Crippen molar-refractivity contribution in [1.82, 2.24) is 5.32 Å². The molecule has 11 heteroatoms. The van der Waals surface area contributed by atoms with Crippen LogP contribution in [0.3, 0.4) is 0 Å². The second-order valence-electron chi connectivity index (χ2n) is 6.62. The minimum absolute atomic E-state index is 0.0332. The Bertz CT molecular complexity index is 1060. The van der Waals surface area contributed by atoms with Crippen LogP contribution < -0.4 is 10.2 Å². The van der Waals surface area contributed by atoms with E-state index in [1.165, 1.54) is 24.3 Å². The highest BCUT2D eigenvalue weighted by atomic mass is 32.2. The van der Waals surface area contributed by atoms with Gasteiger partial charge in [-0.05, 0) is 42.3 Å². The number of halogens is 3. The first kappa shape index (κ1) is 22.3. The summed E-state index contributed by atoms with van der Waals surface area (Å²) in [4.78, 5) is 48.1. The topological polar surface area (TPSA) is 104 Å². The highest BCUT2D eigenvalue weighted by Crippen LogP contribution is 2.32. The van der Waals surface area contributed by atoms with Crippen molar-refractivity contribution < 1.29 is 37.5 Å². The lowest BCUT2D eigenvalue weighted by molar-refractivity contribution is -0.137. The third kappa shape index (κ3) is 5.43. The van der Waals surface area contributed by atoms with E-state index in [0.717, 1.165) is 28.8 Å². The molecule has 0 aliphatic carbocycles. The average molecular weight is 452 g/mol. The number of amides is 3. The molecule has 2 N–H and O–H groups in total. The fourth-order valence-electron chi connectivity index (χ4n) is 2.99. The monoisotopic (exact) mass is 452 g/mol. The summed E-state index contributed by atoms with van der Waals surface area (Å²) in [5, 5.41) is 10.2. The maximum atomic E-state index is 13.0. The molecular formula is C20H15F3N2O5S. The molecular weight excluding hydrogens is 437 g/mol. The van der Waals surface area contributed by atoms with Crippen LogP contribution in [-0.4, -0.2) is 39.9 Å². The summed E-state index contributed by atoms with van der Waals surface area (Å²) >= 11 is 0.819. The number of aliphatic carboxylic acids is 1. The minimum Gasteiger partial charge on any atom is -0.480 e. The van der Waals surface area contributed by atoms with Crippen molar-refractivity contribution in [3.63, 3.8) is 0 Å². The molecule has 1 unspecified atom stereocenters. The molecule has 1 aliphatic heterocycles. The molecule has 0 bridgehead atoms. The first-order chi connectivity index (χ1) is 14.5. The van der Waals surface area contributed by atoms with E-state index in [0.29, 0.717) is 11.6 Å². The van der Waals surface area contributed by atoms with Gasteiger partial charge < -0.3 is 5.11 Å². The molecule has 3 amide bonds. The fraction of sp³-hybridized carbons (Fsp3) is 0.200. The Kier molecular flexibility index (Phi) is 6.34. The van der Waals surface area contributed by atoms with Crippen LogP contribution in [0.1, 0.15) is 21.5 Å². The number of carboxylic acids is 1. The maximum absolute atomic E-state index is 13.0. The van der Waals surface area contributed by atoms with E-state index in [-0.39, 0.29) is 17.7 Å². The smallest absolute Gasteiger partial charge is 0.416 e. The number of alkyl halides is 3. The number of hydrogen-bond acceptors (Lipinski definition) is 5. The largest absolute Gasteiger partial charge is 0.480 e. The predicted octanol–water partition coefficient (Wildman–Crippen LogP) is 3.33. The normalized spacial score (nSPS) is 16.2. The Morgan fingerprint density at radius 3 is 2.42 bits per heavy atom. The third-order valence-corrected chi connectivity index (χ3v) is 5.37. The van der Waals surface area contributed by atoms with Gasteiger partial charge in [0.25, 0.3) is 11.1 Å². The van der Waals surface area contributed by atoms with Crippen molar-refractivity contribution in [1.29, 1.82) is 0 Å². The van der Waals surface area contributed by atoms with Gasteiger partial charge in [-0.25, -0.2) is 0 Å². The highest BCUT2D eigenvalue weighted by molar-refractivity contribution is 8.15. The van der Waals surface area contributed by atoms with Crippen LogP contribution in [0.5, 0.6) is 0 Å². The maximum Gasteiger partial charge on any atom is 0.416 e. The number of imide groups is 1. The number of benzene rings is 2. The summed E-state index contributed by atoms with van der Waals surface area (Å²) < 4.78 is 39.1. The van der Waals surface area contributed by atoms with E-state index in [4.69, 9.17) is 0 Å². The summed E-state index contributed by atoms with van der Waals surface area (Å²) in [6.07, 6.45) is -4.52. The van der Waals surface area contributed by atoms with Gasteiger partial charge >= 0.3 is 12.1 Å². The van der Waals surface area contributed by atoms with Gasteiger partial charge in [0.15, 0.2) is 0 Å². The molecule has 1 saturated heterocycles. The molecule has 1 heterocycles.